The van der Waals surface area contributed by atoms with Crippen molar-refractivity contribution < 1.29 is 4.79 Å². The lowest BCUT2D eigenvalue weighted by atomic mass is 10.1. The summed E-state index contributed by atoms with van der Waals surface area (Å²) < 4.78 is 0. The maximum absolute atomic E-state index is 12.0. The number of ketones is 1. The van der Waals surface area contributed by atoms with Gasteiger partial charge in [0.05, 0.1) is 5.69 Å². The number of carbonyl (C=O) groups is 1. The molecule has 1 aromatic carbocycles. The van der Waals surface area contributed by atoms with E-state index in [2.05, 4.69) is 9.97 Å². The van der Waals surface area contributed by atoms with E-state index in [1.807, 2.05) is 38.3 Å². The summed E-state index contributed by atoms with van der Waals surface area (Å²) in [6.07, 6.45) is 5.26. The third-order valence-corrected chi connectivity index (χ3v) is 3.59. The average molecular weight is 284 g/mol. The maximum atomic E-state index is 12.0. The van der Waals surface area contributed by atoms with Crippen LogP contribution in [0.25, 0.3) is 6.08 Å². The molecule has 102 valence electrons. The minimum atomic E-state index is -0.0213. The number of hydrogen-bond donors (Lipinski definition) is 0. The van der Waals surface area contributed by atoms with Gasteiger partial charge in [0.15, 0.2) is 10.9 Å². The van der Waals surface area contributed by atoms with Gasteiger partial charge in [-0.2, -0.15) is 0 Å². The van der Waals surface area contributed by atoms with Crippen LogP contribution in [0.3, 0.4) is 0 Å². The summed E-state index contributed by atoms with van der Waals surface area (Å²) in [6.45, 7) is 3.92. The maximum Gasteiger partial charge on any atom is 0.188 e. The fourth-order valence-electron chi connectivity index (χ4n) is 1.73. The number of allylic oxidation sites excluding steroid dienone is 1. The topological polar surface area (TPSA) is 42.9 Å². The van der Waals surface area contributed by atoms with Crippen molar-refractivity contribution >= 4 is 23.6 Å². The molecule has 0 spiro atoms. The molecule has 2 aromatic rings. The van der Waals surface area contributed by atoms with E-state index in [0.717, 1.165) is 22.1 Å². The molecule has 0 amide bonds. The molecule has 0 aliphatic rings. The molecule has 20 heavy (non-hydrogen) atoms. The van der Waals surface area contributed by atoms with Crippen LogP contribution in [-0.4, -0.2) is 22.0 Å². The summed E-state index contributed by atoms with van der Waals surface area (Å²) >= 11 is 1.50. The van der Waals surface area contributed by atoms with Crippen LogP contribution in [0.15, 0.2) is 41.6 Å². The molecule has 0 aliphatic carbocycles. The summed E-state index contributed by atoms with van der Waals surface area (Å²) in [5.74, 6) is -0.0213. The molecule has 3 nitrogen and oxygen atoms in total. The Kier molecular flexibility index (Phi) is 4.69. The molecule has 0 saturated heterocycles. The predicted molar refractivity (Wildman–Crippen MR) is 83.1 cm³/mol. The Labute approximate surface area is 123 Å². The number of aromatic nitrogens is 2. The zero-order valence-electron chi connectivity index (χ0n) is 11.8. The lowest BCUT2D eigenvalue weighted by Gasteiger charge is -2.05. The molecule has 0 radical (unpaired) electrons. The Bertz CT molecular complexity index is 651. The van der Waals surface area contributed by atoms with Crippen molar-refractivity contribution in [1.29, 1.82) is 0 Å². The number of rotatable bonds is 4. The van der Waals surface area contributed by atoms with Gasteiger partial charge in [-0.25, -0.2) is 9.97 Å². The number of thioether (sulfide) groups is 1. The zero-order chi connectivity index (χ0) is 14.5. The van der Waals surface area contributed by atoms with E-state index >= 15 is 0 Å². The van der Waals surface area contributed by atoms with Gasteiger partial charge in [0.25, 0.3) is 0 Å². The lowest BCUT2D eigenvalue weighted by Crippen LogP contribution is -1.99. The highest BCUT2D eigenvalue weighted by Gasteiger charge is 2.06. The van der Waals surface area contributed by atoms with Crippen LogP contribution in [0.4, 0.5) is 0 Å². The molecular formula is C16H16N2OS. The van der Waals surface area contributed by atoms with Gasteiger partial charge in [-0.05, 0) is 37.8 Å². The monoisotopic (exact) mass is 284 g/mol. The summed E-state index contributed by atoms with van der Waals surface area (Å²) in [4.78, 5) is 20.8. The molecule has 0 saturated carbocycles. The highest BCUT2D eigenvalue weighted by atomic mass is 32.2. The molecule has 1 aromatic heterocycles. The standard InChI is InChI=1S/C16H16N2OS/c1-11-12(2)17-16(20-3)18-14(11)9-10-15(19)13-7-5-4-6-8-13/h4-10H,1-3H3/b10-9+. The van der Waals surface area contributed by atoms with E-state index < -0.39 is 0 Å². The van der Waals surface area contributed by atoms with Gasteiger partial charge in [-0.3, -0.25) is 4.79 Å². The van der Waals surface area contributed by atoms with Crippen molar-refractivity contribution in [3.05, 3.63) is 58.9 Å². The number of benzene rings is 1. The first-order chi connectivity index (χ1) is 9.61. The van der Waals surface area contributed by atoms with Gasteiger partial charge < -0.3 is 0 Å². The van der Waals surface area contributed by atoms with Gasteiger partial charge >= 0.3 is 0 Å². The predicted octanol–water partition coefficient (Wildman–Crippen LogP) is 3.71. The van der Waals surface area contributed by atoms with Crippen LogP contribution in [0.1, 0.15) is 27.3 Å². The van der Waals surface area contributed by atoms with Gasteiger partial charge in [-0.1, -0.05) is 42.1 Å². The first-order valence-electron chi connectivity index (χ1n) is 6.28. The smallest absolute Gasteiger partial charge is 0.188 e. The van der Waals surface area contributed by atoms with E-state index in [9.17, 15) is 4.79 Å². The van der Waals surface area contributed by atoms with Crippen molar-refractivity contribution in [1.82, 2.24) is 9.97 Å². The number of hydrogen-bond acceptors (Lipinski definition) is 4. The fraction of sp³-hybridized carbons (Fsp3) is 0.188. The molecule has 0 N–H and O–H groups in total. The fourth-order valence-corrected chi connectivity index (χ4v) is 2.15. The second-order valence-corrected chi connectivity index (χ2v) is 5.14. The van der Waals surface area contributed by atoms with Gasteiger partial charge in [0.2, 0.25) is 0 Å². The number of carbonyl (C=O) groups excluding carboxylic acids is 1. The number of nitrogens with zero attached hydrogens (tertiary/aromatic N) is 2. The Morgan fingerprint density at radius 3 is 2.50 bits per heavy atom. The van der Waals surface area contributed by atoms with E-state index in [-0.39, 0.29) is 5.78 Å². The minimum absolute atomic E-state index is 0.0213. The summed E-state index contributed by atoms with van der Waals surface area (Å²) in [5, 5.41) is 0.722. The molecule has 4 heteroatoms. The molecule has 2 rings (SSSR count). The van der Waals surface area contributed by atoms with E-state index in [1.165, 1.54) is 11.8 Å². The summed E-state index contributed by atoms with van der Waals surface area (Å²) in [7, 11) is 0. The quantitative estimate of drug-likeness (QED) is 0.371. The Morgan fingerprint density at radius 2 is 1.85 bits per heavy atom. The van der Waals surface area contributed by atoms with Crippen LogP contribution in [0, 0.1) is 13.8 Å². The number of aryl methyl sites for hydroxylation is 1. The van der Waals surface area contributed by atoms with Gasteiger partial charge in [0.1, 0.15) is 0 Å². The SMILES string of the molecule is CSc1nc(C)c(C)c(/C=C/C(=O)c2ccccc2)n1. The minimum Gasteiger partial charge on any atom is -0.289 e. The van der Waals surface area contributed by atoms with E-state index in [1.54, 1.807) is 24.3 Å². The van der Waals surface area contributed by atoms with Crippen LogP contribution in [-0.2, 0) is 0 Å². The highest BCUT2D eigenvalue weighted by molar-refractivity contribution is 7.98. The average Bonchev–Trinajstić information content (AvgIpc) is 2.49. The molecule has 1 heterocycles. The second-order valence-electron chi connectivity index (χ2n) is 4.37. The highest BCUT2D eigenvalue weighted by Crippen LogP contribution is 2.16. The van der Waals surface area contributed by atoms with Crippen molar-refractivity contribution in [2.24, 2.45) is 0 Å². The van der Waals surface area contributed by atoms with Crippen LogP contribution >= 0.6 is 11.8 Å². The molecule has 0 unspecified atom stereocenters. The van der Waals surface area contributed by atoms with Crippen molar-refractivity contribution in [2.45, 2.75) is 19.0 Å². The van der Waals surface area contributed by atoms with E-state index in [4.69, 9.17) is 0 Å². The Hall–Kier alpha value is -1.94. The third-order valence-electron chi connectivity index (χ3n) is 3.04. The van der Waals surface area contributed by atoms with E-state index in [0.29, 0.717) is 5.56 Å². The first-order valence-corrected chi connectivity index (χ1v) is 7.51. The summed E-state index contributed by atoms with van der Waals surface area (Å²) in [6, 6.07) is 9.21. The van der Waals surface area contributed by atoms with Crippen LogP contribution in [0.5, 0.6) is 0 Å². The molecule has 0 atom stereocenters. The van der Waals surface area contributed by atoms with Crippen LogP contribution in [0.2, 0.25) is 0 Å². The largest absolute Gasteiger partial charge is 0.289 e. The molecular weight excluding hydrogens is 268 g/mol. The van der Waals surface area contributed by atoms with Crippen molar-refractivity contribution in [2.75, 3.05) is 6.26 Å². The Morgan fingerprint density at radius 1 is 1.15 bits per heavy atom. The van der Waals surface area contributed by atoms with Crippen molar-refractivity contribution in [3.63, 3.8) is 0 Å². The first kappa shape index (κ1) is 14.5. The van der Waals surface area contributed by atoms with Gasteiger partial charge in [-0.15, -0.1) is 0 Å². The Balaban J connectivity index is 2.28. The molecule has 0 aliphatic heterocycles. The van der Waals surface area contributed by atoms with Crippen LogP contribution < -0.4 is 0 Å². The summed E-state index contributed by atoms with van der Waals surface area (Å²) in [5.41, 5.74) is 3.42. The zero-order valence-corrected chi connectivity index (χ0v) is 12.6. The lowest BCUT2D eigenvalue weighted by molar-refractivity contribution is 0.104. The van der Waals surface area contributed by atoms with Crippen molar-refractivity contribution in [3.8, 4) is 0 Å². The normalized spacial score (nSPS) is 10.9. The van der Waals surface area contributed by atoms with Gasteiger partial charge in [0, 0.05) is 11.3 Å². The molecule has 0 fully saturated rings. The second kappa shape index (κ2) is 6.48. The molecule has 0 bridgehead atoms. The third kappa shape index (κ3) is 3.33.